The van der Waals surface area contributed by atoms with Crippen molar-refractivity contribution >= 4 is 92.8 Å². The van der Waals surface area contributed by atoms with Gasteiger partial charge < -0.3 is 82.2 Å². The highest BCUT2D eigenvalue weighted by atomic mass is 19.1. The zero-order chi connectivity index (χ0) is 73.1. The van der Waals surface area contributed by atoms with Crippen LogP contribution in [0.5, 0.6) is 5.75 Å². The predicted molar refractivity (Wildman–Crippen MR) is 365 cm³/mol. The Bertz CT molecular complexity index is 4220. The Balaban J connectivity index is 1.00. The quantitative estimate of drug-likeness (QED) is 0.0727. The molecule has 28 nitrogen and oxygen atoms in total. The smallest absolute Gasteiger partial charge is 0.326 e. The zero-order valence-electron chi connectivity index (χ0n) is 56.9. The Kier molecular flexibility index (Phi) is 23.5. The third-order valence-electron chi connectivity index (χ3n) is 19.0. The molecule has 0 spiro atoms. The van der Waals surface area contributed by atoms with E-state index in [2.05, 4.69) is 57.8 Å². The maximum absolute atomic E-state index is 15.7. The van der Waals surface area contributed by atoms with Crippen LogP contribution < -0.4 is 52.6 Å². The number of halogens is 2. The second kappa shape index (κ2) is 32.5. The van der Waals surface area contributed by atoms with Crippen molar-refractivity contribution in [1.82, 2.24) is 67.6 Å². The van der Waals surface area contributed by atoms with Crippen LogP contribution in [0.3, 0.4) is 0 Å². The summed E-state index contributed by atoms with van der Waals surface area (Å²) in [6.07, 6.45) is 4.51. The lowest BCUT2D eigenvalue weighted by atomic mass is 9.94. The third-order valence-corrected chi connectivity index (χ3v) is 19.0. The Morgan fingerprint density at radius 2 is 1.26 bits per heavy atom. The fraction of sp³-hybridized carbons (Fsp3) is 0.417. The Morgan fingerprint density at radius 3 is 1.90 bits per heavy atom. The first kappa shape index (κ1) is 73.7. The first-order chi connectivity index (χ1) is 48.7. The van der Waals surface area contributed by atoms with Gasteiger partial charge in [-0.05, 0) is 123 Å². The lowest BCUT2D eigenvalue weighted by Gasteiger charge is -2.37. The van der Waals surface area contributed by atoms with Crippen molar-refractivity contribution in [3.05, 3.63) is 149 Å². The average Bonchev–Trinajstić information content (AvgIpc) is 1.62. The van der Waals surface area contributed by atoms with Crippen molar-refractivity contribution in [3.63, 3.8) is 0 Å². The number of amides is 11. The summed E-state index contributed by atoms with van der Waals surface area (Å²) in [5.74, 6) is -11.3. The molecule has 0 saturated carbocycles. The number of aromatic amines is 2. The molecule has 0 unspecified atom stereocenters. The van der Waals surface area contributed by atoms with E-state index in [9.17, 15) is 43.1 Å². The molecule has 6 aromatic rings. The van der Waals surface area contributed by atoms with Crippen molar-refractivity contribution in [2.24, 2.45) is 0 Å². The average molecular weight is 1410 g/mol. The van der Waals surface area contributed by atoms with E-state index in [-0.39, 0.29) is 77.6 Å². The number of carboxylic acids is 1. The molecule has 5 aliphatic rings. The molecule has 102 heavy (non-hydrogen) atoms. The van der Waals surface area contributed by atoms with Gasteiger partial charge in [-0.3, -0.25) is 52.7 Å². The highest BCUT2D eigenvalue weighted by Gasteiger charge is 2.49. The number of benzene rings is 4. The van der Waals surface area contributed by atoms with Crippen LogP contribution >= 0.6 is 0 Å². The summed E-state index contributed by atoms with van der Waals surface area (Å²) in [7, 11) is 1.48. The van der Waals surface area contributed by atoms with Crippen LogP contribution in [0, 0.1) is 11.6 Å². The van der Waals surface area contributed by atoms with Gasteiger partial charge in [0.15, 0.2) is 0 Å². The Hall–Kier alpha value is -11.0. The summed E-state index contributed by atoms with van der Waals surface area (Å²) in [5.41, 5.74) is 1.53. The first-order valence-corrected chi connectivity index (χ1v) is 33.7. The SMILES string of the molecule is COc1ccc(C[C@@H]2NC(=O)[C@@H]3CC/C=C\CO[C@H]4C[C@@H](C(=O)N3)N(C4)C(=O)[C@H](Cc3c[nH]c4ccc(F)cc34)NC(=O)[C@H](Cc3c[nH]c4ccc(F)cc34)NC(=O)[C@@H](C)NC(=O)[C@H](C)NC(=O)[C@@H](NC(C)=O)CC(=O)NCc3ccc(cc3)C[C@@H](C(=O)O)NC(=O)[C@]3(C)CCCN3C2=O)cc1. The van der Waals surface area contributed by atoms with Gasteiger partial charge in [0.05, 0.1) is 26.2 Å². The van der Waals surface area contributed by atoms with Crippen LogP contribution in [-0.2, 0) is 94.5 Å². The largest absolute Gasteiger partial charge is 0.497 e. The summed E-state index contributed by atoms with van der Waals surface area (Å²) in [6.45, 7) is 4.92. The van der Waals surface area contributed by atoms with Gasteiger partial charge in [0.25, 0.3) is 0 Å². The van der Waals surface area contributed by atoms with Gasteiger partial charge in [0, 0.05) is 92.9 Å². The normalized spacial score (nSPS) is 26.3. The number of nitrogens with zero attached hydrogens (tertiary/aromatic N) is 2. The molecular weight excluding hydrogens is 1320 g/mol. The zero-order valence-corrected chi connectivity index (χ0v) is 56.9. The molecule has 11 amide bonds. The Morgan fingerprint density at radius 1 is 0.667 bits per heavy atom. The summed E-state index contributed by atoms with van der Waals surface area (Å²) in [5, 5.41) is 35.1. The van der Waals surface area contributed by atoms with E-state index in [0.29, 0.717) is 61.8 Å². The van der Waals surface area contributed by atoms with Gasteiger partial charge in [0.2, 0.25) is 65.0 Å². The van der Waals surface area contributed by atoms with Crippen molar-refractivity contribution in [2.75, 3.05) is 26.8 Å². The lowest BCUT2D eigenvalue weighted by molar-refractivity contribution is -0.149. The molecule has 0 aliphatic carbocycles. The number of methoxy groups -OCH3 is 1. The van der Waals surface area contributed by atoms with E-state index < -0.39 is 155 Å². The molecule has 11 atom stereocenters. The third kappa shape index (κ3) is 17.9. The number of aliphatic carboxylic acids is 1. The molecular formula is C72H83F2N13O15. The van der Waals surface area contributed by atoms with Gasteiger partial charge in [0.1, 0.15) is 77.3 Å². The molecule has 2 aromatic heterocycles. The Labute approximate surface area is 584 Å². The standard InChI is InChI=1S/C72H83F2N13O15/c1-38-62(90)78-39(2)63(91)82-55(28-44-35-75-52-21-17-46(73)30-50(44)52)66(94)84-58(29-45-36-76-53-22-18-47(74)31-51(45)53)68(96)86-37-49-32-60(86)67(95)81-54(10-7-6-8-25-102-49)64(92)83-57(26-42-15-19-48(101-5)20-16-42)69(97)87-24-9-23-72(87,4)71(100)85-59(70(98)99)27-41-11-13-43(14-12-41)34-77-61(89)33-56(65(93)79-38)80-40(3)88/h6,8,11-22,30-31,35-36,38-39,49,54-60,75-76H,7,9-10,23-29,32-34,37H2,1-5H3,(H,77,89)(H,78,90)(H,79,93)(H,80,88)(H,81,95)(H,82,91)(H,83,92)(H,84,94)(H,85,100)(H,98,99)/b8-6-/t38-,39+,49-,54-,55-,56-,57-,58-,59-,60-,72-/m0/s1. The first-order valence-electron chi connectivity index (χ1n) is 33.7. The second-order valence-corrected chi connectivity index (χ2v) is 26.4. The van der Waals surface area contributed by atoms with E-state index in [0.717, 1.165) is 6.92 Å². The molecule has 2 saturated heterocycles. The number of fused-ring (bicyclic) bond motifs is 28. The number of carbonyl (C=O) groups excluding carboxylic acids is 11. The molecule has 12 N–H and O–H groups in total. The number of nitrogens with one attached hydrogen (secondary N) is 11. The molecule has 540 valence electrons. The van der Waals surface area contributed by atoms with Crippen molar-refractivity contribution in [1.29, 1.82) is 0 Å². The van der Waals surface area contributed by atoms with E-state index in [1.807, 2.05) is 0 Å². The van der Waals surface area contributed by atoms with Crippen LogP contribution in [0.4, 0.5) is 8.78 Å². The van der Waals surface area contributed by atoms with Crippen LogP contribution in [0.15, 0.2) is 109 Å². The number of rotatable bonds is 9. The number of H-pyrrole nitrogens is 2. The number of allylic oxidation sites excluding steroid dienone is 1. The van der Waals surface area contributed by atoms with E-state index >= 15 is 28.4 Å². The lowest BCUT2D eigenvalue weighted by Crippen LogP contribution is -2.63. The van der Waals surface area contributed by atoms with Crippen LogP contribution in [0.2, 0.25) is 0 Å². The minimum atomic E-state index is -1.65. The summed E-state index contributed by atoms with van der Waals surface area (Å²) in [6, 6.07) is 7.66. The fourth-order valence-electron chi connectivity index (χ4n) is 13.3. The number of ether oxygens (including phenoxy) is 2. The highest BCUT2D eigenvalue weighted by molar-refractivity contribution is 6.01. The van der Waals surface area contributed by atoms with Crippen LogP contribution in [0.25, 0.3) is 21.8 Å². The van der Waals surface area contributed by atoms with Gasteiger partial charge in [-0.15, -0.1) is 0 Å². The number of carboxylic acid groups (broad SMARTS) is 1. The summed E-state index contributed by atoms with van der Waals surface area (Å²) >= 11 is 0. The molecule has 11 rings (SSSR count). The maximum Gasteiger partial charge on any atom is 0.326 e. The minimum absolute atomic E-state index is 0.0184. The van der Waals surface area contributed by atoms with Gasteiger partial charge in [-0.1, -0.05) is 48.6 Å². The minimum Gasteiger partial charge on any atom is -0.497 e. The molecule has 2 fully saturated rings. The summed E-state index contributed by atoms with van der Waals surface area (Å²) < 4.78 is 41.6. The second-order valence-electron chi connectivity index (χ2n) is 26.4. The number of carbonyl (C=O) groups is 12. The molecule has 5 aliphatic heterocycles. The van der Waals surface area contributed by atoms with Gasteiger partial charge >= 0.3 is 5.97 Å². The van der Waals surface area contributed by atoms with Crippen molar-refractivity contribution in [3.8, 4) is 5.75 Å². The van der Waals surface area contributed by atoms with E-state index in [4.69, 9.17) is 9.47 Å². The molecule has 30 heteroatoms. The molecule has 0 radical (unpaired) electrons. The maximum atomic E-state index is 15.7. The van der Waals surface area contributed by atoms with Gasteiger partial charge in [-0.2, -0.15) is 0 Å². The monoisotopic (exact) mass is 1410 g/mol. The van der Waals surface area contributed by atoms with Crippen LogP contribution in [-0.4, -0.2) is 189 Å². The van der Waals surface area contributed by atoms with Crippen molar-refractivity contribution < 1.29 is 80.9 Å². The molecule has 4 aromatic carbocycles. The van der Waals surface area contributed by atoms with Crippen molar-refractivity contribution in [2.45, 2.75) is 164 Å². The number of aromatic nitrogens is 2. The number of hydrogen-bond donors (Lipinski definition) is 12. The fourth-order valence-corrected chi connectivity index (χ4v) is 13.3. The summed E-state index contributed by atoms with van der Waals surface area (Å²) in [4.78, 5) is 181. The van der Waals surface area contributed by atoms with Gasteiger partial charge in [-0.25, -0.2) is 13.6 Å². The van der Waals surface area contributed by atoms with E-state index in [1.165, 1.54) is 86.5 Å². The molecule has 7 heterocycles. The highest BCUT2D eigenvalue weighted by Crippen LogP contribution is 2.32. The van der Waals surface area contributed by atoms with E-state index in [1.54, 1.807) is 60.7 Å². The molecule has 5 bridgehead atoms. The topological polar surface area (TPSA) is 390 Å². The van der Waals surface area contributed by atoms with Crippen LogP contribution in [0.1, 0.15) is 94.0 Å². The number of hydrogen-bond acceptors (Lipinski definition) is 14. The predicted octanol–water partition coefficient (Wildman–Crippen LogP) is 1.97.